The normalized spacial score (nSPS) is 13.9. The molecule has 0 spiro atoms. The van der Waals surface area contributed by atoms with E-state index >= 15 is 0 Å². The summed E-state index contributed by atoms with van der Waals surface area (Å²) in [5.74, 6) is -0.321. The summed E-state index contributed by atoms with van der Waals surface area (Å²) in [7, 11) is 0. The average Bonchev–Trinajstić information content (AvgIpc) is 2.59. The number of hydrogen-bond acceptors (Lipinski definition) is 2. The van der Waals surface area contributed by atoms with Gasteiger partial charge in [0.1, 0.15) is 0 Å². The van der Waals surface area contributed by atoms with Crippen LogP contribution in [0.4, 0.5) is 5.69 Å². The van der Waals surface area contributed by atoms with Gasteiger partial charge in [-0.25, -0.2) is 0 Å². The number of allylic oxidation sites excluding steroid dienone is 1. The number of benzene rings is 2. The maximum absolute atomic E-state index is 12.4. The highest BCUT2D eigenvalue weighted by molar-refractivity contribution is 9.10. The minimum absolute atomic E-state index is 0.150. The molecule has 3 nitrogen and oxygen atoms in total. The van der Waals surface area contributed by atoms with Gasteiger partial charge in [-0.05, 0) is 54.8 Å². The molecule has 1 amide bonds. The molecule has 1 aliphatic rings. The standard InChI is InChI=1S/C19H16BrNO2/c20-16-9-7-15(8-10-16)18(22)11-12-19(23)21-13-3-5-14-4-1-2-6-17(14)21/h1-2,4,6-12H,3,5,13H2/b12-11+. The third-order valence-electron chi connectivity index (χ3n) is 3.88. The second-order valence-electron chi connectivity index (χ2n) is 5.43. The number of halogens is 1. The predicted molar refractivity (Wildman–Crippen MR) is 94.7 cm³/mol. The van der Waals surface area contributed by atoms with Gasteiger partial charge in [-0.2, -0.15) is 0 Å². The number of anilines is 1. The third kappa shape index (κ3) is 3.59. The number of hydrogen-bond donors (Lipinski definition) is 0. The van der Waals surface area contributed by atoms with Crippen LogP contribution in [-0.2, 0) is 11.2 Å². The molecule has 0 aromatic heterocycles. The van der Waals surface area contributed by atoms with Gasteiger partial charge in [0.2, 0.25) is 0 Å². The SMILES string of the molecule is O=C(/C=C/C(=O)N1CCCc2ccccc21)c1ccc(Br)cc1. The molecule has 0 unspecified atom stereocenters. The molecule has 0 saturated carbocycles. The molecule has 3 rings (SSSR count). The zero-order chi connectivity index (χ0) is 16.2. The van der Waals surface area contributed by atoms with E-state index in [4.69, 9.17) is 0 Å². The number of amides is 1. The molecular weight excluding hydrogens is 354 g/mol. The molecule has 0 saturated heterocycles. The van der Waals surface area contributed by atoms with E-state index < -0.39 is 0 Å². The van der Waals surface area contributed by atoms with Crippen molar-refractivity contribution in [3.63, 3.8) is 0 Å². The van der Waals surface area contributed by atoms with Crippen molar-refractivity contribution in [2.75, 3.05) is 11.4 Å². The molecule has 1 heterocycles. The van der Waals surface area contributed by atoms with Crippen LogP contribution in [0, 0.1) is 0 Å². The Bertz CT molecular complexity index is 765. The number of fused-ring (bicyclic) bond motifs is 1. The Morgan fingerprint density at radius 3 is 2.52 bits per heavy atom. The predicted octanol–water partition coefficient (Wildman–Crippen LogP) is 4.17. The van der Waals surface area contributed by atoms with Crippen molar-refractivity contribution in [3.8, 4) is 0 Å². The van der Waals surface area contributed by atoms with Gasteiger partial charge in [0.05, 0.1) is 0 Å². The maximum Gasteiger partial charge on any atom is 0.251 e. The van der Waals surface area contributed by atoms with Crippen molar-refractivity contribution in [2.24, 2.45) is 0 Å². The quantitative estimate of drug-likeness (QED) is 0.601. The van der Waals surface area contributed by atoms with Gasteiger partial charge >= 0.3 is 0 Å². The summed E-state index contributed by atoms with van der Waals surface area (Å²) >= 11 is 3.33. The Morgan fingerprint density at radius 2 is 1.74 bits per heavy atom. The van der Waals surface area contributed by atoms with Gasteiger partial charge in [-0.1, -0.05) is 34.1 Å². The van der Waals surface area contributed by atoms with Gasteiger partial charge in [-0.15, -0.1) is 0 Å². The summed E-state index contributed by atoms with van der Waals surface area (Å²) in [6.45, 7) is 0.687. The number of carbonyl (C=O) groups is 2. The first-order valence-electron chi connectivity index (χ1n) is 7.52. The number of carbonyl (C=O) groups excluding carboxylic acids is 2. The van der Waals surface area contributed by atoms with Crippen LogP contribution in [0.5, 0.6) is 0 Å². The van der Waals surface area contributed by atoms with Crippen molar-refractivity contribution < 1.29 is 9.59 Å². The zero-order valence-electron chi connectivity index (χ0n) is 12.5. The molecule has 0 bridgehead atoms. The van der Waals surface area contributed by atoms with Gasteiger partial charge in [0.15, 0.2) is 5.78 Å². The van der Waals surface area contributed by atoms with Gasteiger partial charge in [0, 0.05) is 28.3 Å². The lowest BCUT2D eigenvalue weighted by atomic mass is 10.0. The van der Waals surface area contributed by atoms with E-state index in [2.05, 4.69) is 15.9 Å². The van der Waals surface area contributed by atoms with Crippen LogP contribution in [0.15, 0.2) is 65.2 Å². The van der Waals surface area contributed by atoms with Gasteiger partial charge in [0.25, 0.3) is 5.91 Å². The van der Waals surface area contributed by atoms with Crippen LogP contribution in [0.25, 0.3) is 0 Å². The van der Waals surface area contributed by atoms with E-state index in [0.29, 0.717) is 12.1 Å². The molecule has 1 aliphatic heterocycles. The first kappa shape index (κ1) is 15.7. The third-order valence-corrected chi connectivity index (χ3v) is 4.41. The van der Waals surface area contributed by atoms with Crippen LogP contribution in [0.3, 0.4) is 0 Å². The molecule has 0 aliphatic carbocycles. The van der Waals surface area contributed by atoms with Crippen LogP contribution >= 0.6 is 15.9 Å². The lowest BCUT2D eigenvalue weighted by Crippen LogP contribution is -2.34. The summed E-state index contributed by atoms with van der Waals surface area (Å²) in [6.07, 6.45) is 4.65. The first-order valence-corrected chi connectivity index (χ1v) is 8.32. The Balaban J connectivity index is 1.74. The molecule has 2 aromatic carbocycles. The minimum atomic E-state index is -0.170. The molecule has 0 N–H and O–H groups in total. The Morgan fingerprint density at radius 1 is 1.00 bits per heavy atom. The summed E-state index contributed by atoms with van der Waals surface area (Å²) in [5.41, 5.74) is 2.69. The van der Waals surface area contributed by atoms with E-state index in [0.717, 1.165) is 23.0 Å². The van der Waals surface area contributed by atoms with E-state index in [-0.39, 0.29) is 11.7 Å². The average molecular weight is 370 g/mol. The maximum atomic E-state index is 12.4. The number of para-hydroxylation sites is 1. The highest BCUT2D eigenvalue weighted by Gasteiger charge is 2.20. The Labute approximate surface area is 143 Å². The van der Waals surface area contributed by atoms with E-state index in [1.165, 1.54) is 17.7 Å². The molecular formula is C19H16BrNO2. The number of rotatable bonds is 3. The smallest absolute Gasteiger partial charge is 0.251 e. The van der Waals surface area contributed by atoms with E-state index in [1.54, 1.807) is 17.0 Å². The summed E-state index contributed by atoms with van der Waals surface area (Å²) in [5, 5.41) is 0. The van der Waals surface area contributed by atoms with Crippen LogP contribution in [-0.4, -0.2) is 18.2 Å². The minimum Gasteiger partial charge on any atom is -0.309 e. The Hall–Kier alpha value is -2.20. The largest absolute Gasteiger partial charge is 0.309 e. The monoisotopic (exact) mass is 369 g/mol. The summed E-state index contributed by atoms with van der Waals surface area (Å²) in [6, 6.07) is 15.0. The molecule has 116 valence electrons. The highest BCUT2D eigenvalue weighted by atomic mass is 79.9. The topological polar surface area (TPSA) is 37.4 Å². The lowest BCUT2D eigenvalue weighted by molar-refractivity contribution is -0.114. The summed E-state index contributed by atoms with van der Waals surface area (Å²) in [4.78, 5) is 26.3. The second kappa shape index (κ2) is 6.92. The van der Waals surface area contributed by atoms with Crippen molar-refractivity contribution in [1.82, 2.24) is 0 Å². The first-order chi connectivity index (χ1) is 11.1. The van der Waals surface area contributed by atoms with Crippen LogP contribution < -0.4 is 4.90 Å². The molecule has 0 fully saturated rings. The number of aryl methyl sites for hydroxylation is 1. The van der Waals surface area contributed by atoms with Gasteiger partial charge < -0.3 is 4.90 Å². The zero-order valence-corrected chi connectivity index (χ0v) is 14.1. The fourth-order valence-electron chi connectivity index (χ4n) is 2.71. The molecule has 23 heavy (non-hydrogen) atoms. The van der Waals surface area contributed by atoms with Crippen molar-refractivity contribution >= 4 is 33.3 Å². The molecule has 4 heteroatoms. The van der Waals surface area contributed by atoms with Crippen LogP contribution in [0.1, 0.15) is 22.3 Å². The fourth-order valence-corrected chi connectivity index (χ4v) is 2.97. The second-order valence-corrected chi connectivity index (χ2v) is 6.34. The van der Waals surface area contributed by atoms with Crippen molar-refractivity contribution in [3.05, 3.63) is 76.3 Å². The molecule has 0 atom stereocenters. The summed E-state index contributed by atoms with van der Waals surface area (Å²) < 4.78 is 0.916. The van der Waals surface area contributed by atoms with Crippen molar-refractivity contribution in [2.45, 2.75) is 12.8 Å². The molecule has 0 radical (unpaired) electrons. The van der Waals surface area contributed by atoms with Gasteiger partial charge in [-0.3, -0.25) is 9.59 Å². The lowest BCUT2D eigenvalue weighted by Gasteiger charge is -2.28. The number of ketones is 1. The number of nitrogens with zero attached hydrogens (tertiary/aromatic N) is 1. The van der Waals surface area contributed by atoms with E-state index in [9.17, 15) is 9.59 Å². The van der Waals surface area contributed by atoms with E-state index in [1.807, 2.05) is 36.4 Å². The van der Waals surface area contributed by atoms with Crippen LogP contribution in [0.2, 0.25) is 0 Å². The highest BCUT2D eigenvalue weighted by Crippen LogP contribution is 2.26. The Kier molecular flexibility index (Phi) is 4.72. The molecule has 2 aromatic rings. The fraction of sp³-hybridized carbons (Fsp3) is 0.158. The van der Waals surface area contributed by atoms with Crippen molar-refractivity contribution in [1.29, 1.82) is 0 Å².